The van der Waals surface area contributed by atoms with Crippen LogP contribution in [-0.2, 0) is 21.9 Å². The summed E-state index contributed by atoms with van der Waals surface area (Å²) < 4.78 is 35.7. The highest BCUT2D eigenvalue weighted by Gasteiger charge is 2.47. The fourth-order valence-electron chi connectivity index (χ4n) is 5.30. The van der Waals surface area contributed by atoms with Crippen molar-refractivity contribution < 1.29 is 13.2 Å². The number of sulfonamides is 1. The second kappa shape index (κ2) is 7.71. The third-order valence-corrected chi connectivity index (χ3v) is 9.00. The van der Waals surface area contributed by atoms with E-state index in [4.69, 9.17) is 4.74 Å². The number of fused-ring (bicyclic) bond motifs is 3. The van der Waals surface area contributed by atoms with Gasteiger partial charge in [0.15, 0.2) is 0 Å². The van der Waals surface area contributed by atoms with Crippen LogP contribution in [0.25, 0.3) is 0 Å². The van der Waals surface area contributed by atoms with E-state index in [1.165, 1.54) is 11.1 Å². The number of aryl methyl sites for hydroxylation is 2. The van der Waals surface area contributed by atoms with Crippen molar-refractivity contribution in [2.75, 3.05) is 7.11 Å². The van der Waals surface area contributed by atoms with Gasteiger partial charge in [0.05, 0.1) is 16.5 Å². The molecule has 2 aliphatic carbocycles. The molecule has 4 rings (SSSR count). The van der Waals surface area contributed by atoms with Gasteiger partial charge in [0, 0.05) is 6.04 Å². The molecule has 0 unspecified atom stereocenters. The molecule has 0 aromatic heterocycles. The van der Waals surface area contributed by atoms with Crippen LogP contribution in [0, 0.1) is 12.8 Å². The Morgan fingerprint density at radius 2 is 1.90 bits per heavy atom. The third kappa shape index (κ3) is 3.75. The van der Waals surface area contributed by atoms with Crippen LogP contribution >= 0.6 is 15.9 Å². The molecule has 0 aliphatic heterocycles. The van der Waals surface area contributed by atoms with E-state index in [0.717, 1.165) is 47.9 Å². The van der Waals surface area contributed by atoms with Gasteiger partial charge in [-0.2, -0.15) is 0 Å². The Kier molecular flexibility index (Phi) is 5.55. The standard InChI is InChI=1S/C23H28BrNO3S/c1-15-6-9-17(10-7-15)29(26,27)25-21-5-4-12-23(2)18(21)11-8-16-13-20(24)22(28-3)14-19(16)23/h6-7,9-10,13-14,18,21,25H,4-5,8,11-12H2,1-3H3/t18-,21+,23-/m1/s1. The molecule has 2 aromatic carbocycles. The zero-order valence-electron chi connectivity index (χ0n) is 17.2. The number of ether oxygens (including phenoxy) is 1. The van der Waals surface area contributed by atoms with E-state index in [9.17, 15) is 8.42 Å². The maximum absolute atomic E-state index is 13.0. The molecular formula is C23H28BrNO3S. The molecule has 156 valence electrons. The highest BCUT2D eigenvalue weighted by atomic mass is 79.9. The summed E-state index contributed by atoms with van der Waals surface area (Å²) in [7, 11) is -1.84. The minimum Gasteiger partial charge on any atom is -0.496 e. The van der Waals surface area contributed by atoms with Gasteiger partial charge in [0.1, 0.15) is 5.75 Å². The summed E-state index contributed by atoms with van der Waals surface area (Å²) in [5.41, 5.74) is 3.66. The van der Waals surface area contributed by atoms with Gasteiger partial charge in [0.2, 0.25) is 10.0 Å². The van der Waals surface area contributed by atoms with Gasteiger partial charge in [-0.15, -0.1) is 0 Å². The summed E-state index contributed by atoms with van der Waals surface area (Å²) in [6, 6.07) is 11.4. The molecule has 29 heavy (non-hydrogen) atoms. The first kappa shape index (κ1) is 20.9. The van der Waals surface area contributed by atoms with Crippen LogP contribution in [0.1, 0.15) is 49.3 Å². The van der Waals surface area contributed by atoms with Crippen molar-refractivity contribution in [3.8, 4) is 5.75 Å². The van der Waals surface area contributed by atoms with Crippen molar-refractivity contribution in [3.63, 3.8) is 0 Å². The van der Waals surface area contributed by atoms with E-state index in [1.807, 2.05) is 19.1 Å². The summed E-state index contributed by atoms with van der Waals surface area (Å²) >= 11 is 3.61. The lowest BCUT2D eigenvalue weighted by Crippen LogP contribution is -2.53. The van der Waals surface area contributed by atoms with Gasteiger partial charge in [0.25, 0.3) is 0 Å². The normalized spacial score (nSPS) is 26.5. The second-order valence-electron chi connectivity index (χ2n) is 8.64. The van der Waals surface area contributed by atoms with Gasteiger partial charge >= 0.3 is 0 Å². The highest BCUT2D eigenvalue weighted by molar-refractivity contribution is 9.10. The van der Waals surface area contributed by atoms with Crippen LogP contribution in [0.2, 0.25) is 0 Å². The molecule has 1 fully saturated rings. The van der Waals surface area contributed by atoms with Gasteiger partial charge in [-0.25, -0.2) is 13.1 Å². The Bertz CT molecular complexity index is 1020. The highest BCUT2D eigenvalue weighted by Crippen LogP contribution is 2.51. The van der Waals surface area contributed by atoms with E-state index < -0.39 is 10.0 Å². The summed E-state index contributed by atoms with van der Waals surface area (Å²) in [6.45, 7) is 4.26. The number of hydrogen-bond acceptors (Lipinski definition) is 3. The van der Waals surface area contributed by atoms with Gasteiger partial charge in [-0.05, 0) is 95.3 Å². The van der Waals surface area contributed by atoms with E-state index in [2.05, 4.69) is 39.7 Å². The Balaban J connectivity index is 1.66. The Morgan fingerprint density at radius 3 is 2.59 bits per heavy atom. The summed E-state index contributed by atoms with van der Waals surface area (Å²) in [6.07, 6.45) is 4.91. The maximum Gasteiger partial charge on any atom is 0.240 e. The molecule has 3 atom stereocenters. The monoisotopic (exact) mass is 477 g/mol. The lowest BCUT2D eigenvalue weighted by Gasteiger charge is -2.50. The number of rotatable bonds is 4. The largest absolute Gasteiger partial charge is 0.496 e. The van der Waals surface area contributed by atoms with Crippen molar-refractivity contribution in [2.24, 2.45) is 5.92 Å². The predicted octanol–water partition coefficient (Wildman–Crippen LogP) is 5.12. The quantitative estimate of drug-likeness (QED) is 0.664. The summed E-state index contributed by atoms with van der Waals surface area (Å²) in [5, 5.41) is 0. The number of halogens is 1. The van der Waals surface area contributed by atoms with Crippen molar-refractivity contribution in [1.82, 2.24) is 4.72 Å². The number of nitrogens with one attached hydrogen (secondary N) is 1. The Labute approximate surface area is 182 Å². The van der Waals surface area contributed by atoms with E-state index in [-0.39, 0.29) is 17.4 Å². The molecule has 1 saturated carbocycles. The number of benzene rings is 2. The Morgan fingerprint density at radius 1 is 1.17 bits per heavy atom. The molecule has 0 saturated heterocycles. The molecule has 1 N–H and O–H groups in total. The molecule has 2 aromatic rings. The smallest absolute Gasteiger partial charge is 0.240 e. The second-order valence-corrected chi connectivity index (χ2v) is 11.2. The first-order chi connectivity index (χ1) is 13.7. The minimum absolute atomic E-state index is 0.0529. The lowest BCUT2D eigenvalue weighted by atomic mass is 9.57. The molecule has 0 amide bonds. The van der Waals surface area contributed by atoms with Crippen molar-refractivity contribution in [1.29, 1.82) is 0 Å². The van der Waals surface area contributed by atoms with Crippen LogP contribution in [0.3, 0.4) is 0 Å². The third-order valence-electron chi connectivity index (χ3n) is 6.87. The number of hydrogen-bond donors (Lipinski definition) is 1. The van der Waals surface area contributed by atoms with Crippen LogP contribution in [0.5, 0.6) is 5.75 Å². The molecule has 6 heteroatoms. The average molecular weight is 478 g/mol. The van der Waals surface area contributed by atoms with Crippen LogP contribution in [0.15, 0.2) is 45.8 Å². The predicted molar refractivity (Wildman–Crippen MR) is 119 cm³/mol. The molecule has 0 heterocycles. The van der Waals surface area contributed by atoms with Crippen LogP contribution in [0.4, 0.5) is 0 Å². The number of methoxy groups -OCH3 is 1. The molecule has 2 aliphatic rings. The first-order valence-corrected chi connectivity index (χ1v) is 12.5. The van der Waals surface area contributed by atoms with Gasteiger partial charge in [-0.1, -0.05) is 31.0 Å². The molecule has 0 spiro atoms. The minimum atomic E-state index is -3.53. The zero-order valence-corrected chi connectivity index (χ0v) is 19.6. The van der Waals surface area contributed by atoms with Crippen molar-refractivity contribution in [2.45, 2.75) is 62.3 Å². The van der Waals surface area contributed by atoms with E-state index >= 15 is 0 Å². The van der Waals surface area contributed by atoms with Crippen LogP contribution in [-0.4, -0.2) is 21.6 Å². The zero-order chi connectivity index (χ0) is 20.8. The first-order valence-electron chi connectivity index (χ1n) is 10.2. The van der Waals surface area contributed by atoms with Crippen molar-refractivity contribution in [3.05, 3.63) is 57.6 Å². The van der Waals surface area contributed by atoms with E-state index in [1.54, 1.807) is 19.2 Å². The average Bonchev–Trinajstić information content (AvgIpc) is 2.67. The van der Waals surface area contributed by atoms with Crippen molar-refractivity contribution >= 4 is 26.0 Å². The van der Waals surface area contributed by atoms with Gasteiger partial charge in [-0.3, -0.25) is 0 Å². The lowest BCUT2D eigenvalue weighted by molar-refractivity contribution is 0.142. The molecule has 4 nitrogen and oxygen atoms in total. The molecule has 0 bridgehead atoms. The summed E-state index contributed by atoms with van der Waals surface area (Å²) in [4.78, 5) is 0.345. The van der Waals surface area contributed by atoms with Gasteiger partial charge < -0.3 is 4.74 Å². The maximum atomic E-state index is 13.0. The Hall–Kier alpha value is -1.37. The molecule has 0 radical (unpaired) electrons. The van der Waals surface area contributed by atoms with Crippen LogP contribution < -0.4 is 9.46 Å². The fraction of sp³-hybridized carbons (Fsp3) is 0.478. The fourth-order valence-corrected chi connectivity index (χ4v) is 7.16. The topological polar surface area (TPSA) is 55.4 Å². The molecular weight excluding hydrogens is 450 g/mol. The van der Waals surface area contributed by atoms with E-state index in [0.29, 0.717) is 4.90 Å². The summed E-state index contributed by atoms with van der Waals surface area (Å²) in [5.74, 6) is 1.11. The SMILES string of the molecule is COc1cc2c(cc1Br)CC[C@@H]1[C@@H](NS(=O)(=O)c3ccc(C)cc3)CCC[C@@]21C.